The Kier molecular flexibility index (Phi) is 7.62. The Balaban J connectivity index is 1.54. The number of hydroxylamine groups is 2. The molecule has 0 spiro atoms. The van der Waals surface area contributed by atoms with Crippen LogP contribution in [-0.4, -0.2) is 47.2 Å². The van der Waals surface area contributed by atoms with Gasteiger partial charge in [0.05, 0.1) is 5.69 Å². The SMILES string of the molecule is CCCN(OCc1ccc(N)cc1)C(=O)C1=Cc2ccc(C(=O)N3CC=CCC3)cc2N=C(N)C1. The van der Waals surface area contributed by atoms with Gasteiger partial charge in [0.15, 0.2) is 0 Å². The number of nitrogens with zero attached hydrogens (tertiary/aromatic N) is 3. The van der Waals surface area contributed by atoms with E-state index in [2.05, 4.69) is 11.1 Å². The molecule has 0 bridgehead atoms. The number of anilines is 1. The molecular weight excluding hydrogens is 442 g/mol. The van der Waals surface area contributed by atoms with E-state index in [1.165, 1.54) is 5.06 Å². The lowest BCUT2D eigenvalue weighted by Gasteiger charge is -2.23. The van der Waals surface area contributed by atoms with Gasteiger partial charge in [-0.1, -0.05) is 37.3 Å². The van der Waals surface area contributed by atoms with E-state index in [-0.39, 0.29) is 24.8 Å². The van der Waals surface area contributed by atoms with Gasteiger partial charge in [-0.3, -0.25) is 14.4 Å². The molecule has 2 heterocycles. The molecule has 0 aromatic heterocycles. The quantitative estimate of drug-likeness (QED) is 0.360. The van der Waals surface area contributed by atoms with E-state index in [1.54, 1.807) is 35.2 Å². The third-order valence-corrected chi connectivity index (χ3v) is 5.88. The highest BCUT2D eigenvalue weighted by molar-refractivity contribution is 6.05. The molecule has 0 saturated heterocycles. The van der Waals surface area contributed by atoms with Crippen molar-refractivity contribution < 1.29 is 14.4 Å². The highest BCUT2D eigenvalue weighted by atomic mass is 16.7. The van der Waals surface area contributed by atoms with Crippen LogP contribution in [-0.2, 0) is 16.2 Å². The molecule has 8 heteroatoms. The fourth-order valence-corrected chi connectivity index (χ4v) is 4.02. The summed E-state index contributed by atoms with van der Waals surface area (Å²) in [5.74, 6) is 0.0121. The van der Waals surface area contributed by atoms with Crippen LogP contribution in [0.4, 0.5) is 11.4 Å². The number of fused-ring (bicyclic) bond motifs is 1. The van der Waals surface area contributed by atoms with Gasteiger partial charge in [-0.05, 0) is 48.7 Å². The molecule has 2 aliphatic rings. The molecule has 4 N–H and O–H groups in total. The molecule has 2 aromatic carbocycles. The Morgan fingerprint density at radius 3 is 2.63 bits per heavy atom. The summed E-state index contributed by atoms with van der Waals surface area (Å²) in [5, 5.41) is 1.38. The third kappa shape index (κ3) is 5.96. The van der Waals surface area contributed by atoms with Gasteiger partial charge in [0, 0.05) is 48.4 Å². The van der Waals surface area contributed by atoms with Crippen molar-refractivity contribution >= 4 is 35.1 Å². The van der Waals surface area contributed by atoms with Crippen molar-refractivity contribution in [1.82, 2.24) is 9.96 Å². The lowest BCUT2D eigenvalue weighted by atomic mass is 10.0. The summed E-state index contributed by atoms with van der Waals surface area (Å²) in [5.41, 5.74) is 15.9. The number of carbonyl (C=O) groups is 2. The number of rotatable bonds is 7. The number of hydrogen-bond acceptors (Lipinski definition) is 6. The van der Waals surface area contributed by atoms with Crippen molar-refractivity contribution in [3.8, 4) is 0 Å². The molecule has 2 aromatic rings. The summed E-state index contributed by atoms with van der Waals surface area (Å²) < 4.78 is 0. The third-order valence-electron chi connectivity index (χ3n) is 5.88. The summed E-state index contributed by atoms with van der Waals surface area (Å²) in [6, 6.07) is 12.7. The van der Waals surface area contributed by atoms with Crippen LogP contribution in [0.1, 0.15) is 47.7 Å². The van der Waals surface area contributed by atoms with Crippen LogP contribution < -0.4 is 11.5 Å². The summed E-state index contributed by atoms with van der Waals surface area (Å²) in [4.78, 5) is 38.5. The Morgan fingerprint density at radius 1 is 1.11 bits per heavy atom. The molecule has 35 heavy (non-hydrogen) atoms. The normalized spacial score (nSPS) is 15.1. The first-order valence-electron chi connectivity index (χ1n) is 11.9. The molecule has 8 nitrogen and oxygen atoms in total. The zero-order valence-corrected chi connectivity index (χ0v) is 19.9. The first-order chi connectivity index (χ1) is 16.9. The Bertz CT molecular complexity index is 1180. The predicted octanol–water partition coefficient (Wildman–Crippen LogP) is 3.82. The van der Waals surface area contributed by atoms with Gasteiger partial charge in [-0.2, -0.15) is 0 Å². The minimum atomic E-state index is -0.256. The summed E-state index contributed by atoms with van der Waals surface area (Å²) >= 11 is 0. The number of hydrogen-bond donors (Lipinski definition) is 2. The Labute approximate surface area is 205 Å². The van der Waals surface area contributed by atoms with Gasteiger partial charge < -0.3 is 16.4 Å². The second-order valence-electron chi connectivity index (χ2n) is 8.66. The number of carbonyl (C=O) groups excluding carboxylic acids is 2. The fraction of sp³-hybridized carbons (Fsp3) is 0.296. The van der Waals surface area contributed by atoms with Crippen molar-refractivity contribution in [2.75, 3.05) is 25.4 Å². The summed E-state index contributed by atoms with van der Waals surface area (Å²) in [7, 11) is 0. The molecule has 2 amide bonds. The predicted molar refractivity (Wildman–Crippen MR) is 138 cm³/mol. The largest absolute Gasteiger partial charge is 0.399 e. The smallest absolute Gasteiger partial charge is 0.273 e. The standard InChI is InChI=1S/C27H31N5O3/c1-2-12-32(35-18-19-6-10-23(28)11-7-19)27(34)22-15-20-8-9-21(16-24(20)30-25(29)17-22)26(33)31-13-4-3-5-14-31/h3-4,6-11,15-16H,2,5,12-14,17-18,28H2,1H3,(H2,29,30). The minimum absolute atomic E-state index is 0.0411. The molecule has 4 rings (SSSR count). The van der Waals surface area contributed by atoms with Crippen LogP contribution in [0.3, 0.4) is 0 Å². The zero-order valence-electron chi connectivity index (χ0n) is 19.9. The number of nitrogen functional groups attached to an aromatic ring is 1. The highest BCUT2D eigenvalue weighted by Crippen LogP contribution is 2.29. The molecule has 0 atom stereocenters. The highest BCUT2D eigenvalue weighted by Gasteiger charge is 2.23. The van der Waals surface area contributed by atoms with Crippen LogP contribution in [0, 0.1) is 0 Å². The first-order valence-corrected chi connectivity index (χ1v) is 11.9. The maximum atomic E-state index is 13.4. The van der Waals surface area contributed by atoms with Crippen LogP contribution in [0.15, 0.2) is 65.2 Å². The second-order valence-corrected chi connectivity index (χ2v) is 8.66. The van der Waals surface area contributed by atoms with Gasteiger partial charge in [0.2, 0.25) is 0 Å². The van der Waals surface area contributed by atoms with Gasteiger partial charge in [-0.15, -0.1) is 0 Å². The van der Waals surface area contributed by atoms with Gasteiger partial charge in [0.25, 0.3) is 11.8 Å². The van der Waals surface area contributed by atoms with Gasteiger partial charge >= 0.3 is 0 Å². The average molecular weight is 474 g/mol. The lowest BCUT2D eigenvalue weighted by molar-refractivity contribution is -0.187. The van der Waals surface area contributed by atoms with Crippen LogP contribution in [0.2, 0.25) is 0 Å². The van der Waals surface area contributed by atoms with E-state index in [0.29, 0.717) is 48.0 Å². The van der Waals surface area contributed by atoms with E-state index in [1.807, 2.05) is 31.2 Å². The van der Waals surface area contributed by atoms with Crippen LogP contribution in [0.25, 0.3) is 6.08 Å². The maximum absolute atomic E-state index is 13.4. The number of amides is 2. The molecule has 0 aliphatic carbocycles. The van der Waals surface area contributed by atoms with Crippen molar-refractivity contribution in [1.29, 1.82) is 0 Å². The molecule has 0 saturated carbocycles. The molecule has 182 valence electrons. The average Bonchev–Trinajstić information content (AvgIpc) is 3.04. The molecule has 2 aliphatic heterocycles. The van der Waals surface area contributed by atoms with E-state index in [9.17, 15) is 9.59 Å². The number of nitrogens with two attached hydrogens (primary N) is 2. The maximum Gasteiger partial charge on any atom is 0.273 e. The first kappa shape index (κ1) is 24.2. The molecular formula is C27H31N5O3. The van der Waals surface area contributed by atoms with E-state index in [0.717, 1.165) is 24.0 Å². The molecule has 0 radical (unpaired) electrons. The van der Waals surface area contributed by atoms with Crippen LogP contribution >= 0.6 is 0 Å². The van der Waals surface area contributed by atoms with Crippen molar-refractivity contribution in [3.05, 3.63) is 76.9 Å². The van der Waals surface area contributed by atoms with Gasteiger partial charge in [-0.25, -0.2) is 10.1 Å². The number of benzene rings is 2. The molecule has 0 fully saturated rings. The molecule has 0 unspecified atom stereocenters. The van der Waals surface area contributed by atoms with E-state index >= 15 is 0 Å². The Morgan fingerprint density at radius 2 is 1.91 bits per heavy atom. The number of amidine groups is 1. The van der Waals surface area contributed by atoms with Crippen molar-refractivity contribution in [3.63, 3.8) is 0 Å². The topological polar surface area (TPSA) is 114 Å². The second kappa shape index (κ2) is 11.0. The summed E-state index contributed by atoms with van der Waals surface area (Å²) in [6.07, 6.45) is 7.64. The van der Waals surface area contributed by atoms with Crippen molar-refractivity contribution in [2.45, 2.75) is 32.8 Å². The van der Waals surface area contributed by atoms with Crippen LogP contribution in [0.5, 0.6) is 0 Å². The summed E-state index contributed by atoms with van der Waals surface area (Å²) in [6.45, 7) is 3.96. The minimum Gasteiger partial charge on any atom is -0.399 e. The zero-order chi connectivity index (χ0) is 24.8. The monoisotopic (exact) mass is 473 g/mol. The van der Waals surface area contributed by atoms with Gasteiger partial charge in [0.1, 0.15) is 12.4 Å². The fourth-order valence-electron chi connectivity index (χ4n) is 4.02. The number of aliphatic imine (C=N–C) groups is 1. The van der Waals surface area contributed by atoms with Crippen molar-refractivity contribution in [2.24, 2.45) is 10.7 Å². The van der Waals surface area contributed by atoms with E-state index < -0.39 is 0 Å². The van der Waals surface area contributed by atoms with E-state index in [4.69, 9.17) is 16.3 Å². The Hall–Kier alpha value is -3.91. The lowest BCUT2D eigenvalue weighted by Crippen LogP contribution is -2.34.